The minimum Gasteiger partial charge on any atom is -0.543 e. The second-order valence-electron chi connectivity index (χ2n) is 22.8. The van der Waals surface area contributed by atoms with E-state index in [2.05, 4.69) is 99.4 Å². The molecule has 18 heteroatoms. The Kier molecular flexibility index (Phi) is 16.3. The Hall–Kier alpha value is -5.75. The predicted molar refractivity (Wildman–Crippen MR) is 295 cm³/mol. The van der Waals surface area contributed by atoms with E-state index >= 15 is 8.78 Å². The molecular weight excluding hydrogens is 991 g/mol. The van der Waals surface area contributed by atoms with Gasteiger partial charge in [0, 0.05) is 54.0 Å². The minimum atomic E-state index is -2.56. The van der Waals surface area contributed by atoms with Crippen LogP contribution < -0.4 is 18.8 Å². The van der Waals surface area contributed by atoms with Crippen molar-refractivity contribution >= 4 is 55.7 Å². The van der Waals surface area contributed by atoms with E-state index in [0.29, 0.717) is 94.6 Å². The molecule has 75 heavy (non-hydrogen) atoms. The van der Waals surface area contributed by atoms with Crippen LogP contribution in [0.1, 0.15) is 120 Å². The van der Waals surface area contributed by atoms with Crippen molar-refractivity contribution in [3.8, 4) is 40.2 Å². The van der Waals surface area contributed by atoms with Crippen molar-refractivity contribution in [3.05, 3.63) is 81.5 Å². The summed E-state index contributed by atoms with van der Waals surface area (Å²) in [5.74, 6) is 3.28. The highest BCUT2D eigenvalue weighted by atomic mass is 28.4. The molecule has 3 saturated heterocycles. The highest BCUT2D eigenvalue weighted by Gasteiger charge is 2.51. The van der Waals surface area contributed by atoms with Crippen LogP contribution in [0, 0.1) is 33.2 Å². The molecule has 5 heterocycles. The Balaban J connectivity index is 1.27. The maximum Gasteiger partial charge on any atom is 0.511 e. The van der Waals surface area contributed by atoms with Crippen molar-refractivity contribution in [1.29, 1.82) is 0 Å². The Morgan fingerprint density at radius 3 is 2.21 bits per heavy atom. The highest BCUT2D eigenvalue weighted by Crippen LogP contribution is 2.48. The van der Waals surface area contributed by atoms with Gasteiger partial charge in [0.05, 0.1) is 34.6 Å². The molecule has 2 aromatic heterocycles. The van der Waals surface area contributed by atoms with Crippen LogP contribution in [-0.2, 0) is 11.2 Å². The van der Waals surface area contributed by atoms with Crippen LogP contribution in [0.25, 0.3) is 32.9 Å². The first kappa shape index (κ1) is 55.5. The van der Waals surface area contributed by atoms with Crippen LogP contribution in [0.4, 0.5) is 25.1 Å². The topological polar surface area (TPSA) is 163 Å². The number of fused-ring (bicyclic) bond motifs is 3. The van der Waals surface area contributed by atoms with Gasteiger partial charge >= 0.3 is 12.2 Å². The first-order valence-corrected chi connectivity index (χ1v) is 31.2. The summed E-state index contributed by atoms with van der Waals surface area (Å²) in [7, 11) is -4.93. The zero-order chi connectivity index (χ0) is 54.3. The molecule has 0 amide bonds. The molecule has 2 atom stereocenters. The van der Waals surface area contributed by atoms with Gasteiger partial charge in [-0.1, -0.05) is 95.1 Å². The molecule has 0 spiro atoms. The first-order chi connectivity index (χ1) is 35.5. The van der Waals surface area contributed by atoms with Gasteiger partial charge in [0.1, 0.15) is 49.0 Å². The molecule has 0 aliphatic carbocycles. The fraction of sp³-hybridized carbons (Fsp3) is 0.544. The van der Waals surface area contributed by atoms with E-state index in [9.17, 15) is 20.0 Å². The normalized spacial score (nSPS) is 18.5. The lowest BCUT2D eigenvalue weighted by Crippen LogP contribution is -2.50. The third kappa shape index (κ3) is 10.5. The van der Waals surface area contributed by atoms with Crippen molar-refractivity contribution < 1.29 is 42.2 Å². The van der Waals surface area contributed by atoms with Crippen molar-refractivity contribution in [1.82, 2.24) is 19.9 Å². The summed E-state index contributed by atoms with van der Waals surface area (Å²) in [5.41, 5.74) is 5.66. The highest BCUT2D eigenvalue weighted by molar-refractivity contribution is 6.90. The molecule has 0 unspecified atom stereocenters. The minimum absolute atomic E-state index is 0.00202. The molecule has 0 saturated carbocycles. The Bertz CT molecular complexity index is 2990. The molecule has 8 rings (SSSR count). The number of carboxylic acid groups (broad SMARTS) is 1. The van der Waals surface area contributed by atoms with Crippen LogP contribution in [0.5, 0.6) is 17.5 Å². The lowest BCUT2D eigenvalue weighted by atomic mass is 9.95. The van der Waals surface area contributed by atoms with Crippen LogP contribution >= 0.6 is 0 Å². The number of non-ortho nitro benzene ring substituents is 1. The number of hydrogen-bond acceptors (Lipinski definition) is 12. The summed E-state index contributed by atoms with van der Waals surface area (Å²) in [6.07, 6.45) is 3.52. The average Bonchev–Trinajstić information content (AvgIpc) is 3.93. The van der Waals surface area contributed by atoms with Gasteiger partial charge < -0.3 is 28.6 Å². The van der Waals surface area contributed by atoms with Crippen molar-refractivity contribution in [3.63, 3.8) is 0 Å². The Morgan fingerprint density at radius 1 is 0.907 bits per heavy atom. The van der Waals surface area contributed by atoms with Gasteiger partial charge in [-0.2, -0.15) is 9.97 Å². The summed E-state index contributed by atoms with van der Waals surface area (Å²) in [5, 5.41) is 22.7. The summed E-state index contributed by atoms with van der Waals surface area (Å²) in [6.45, 7) is 29.4. The number of anilines is 1. The molecule has 1 N–H and O–H groups in total. The van der Waals surface area contributed by atoms with E-state index in [0.717, 1.165) is 25.8 Å². The zero-order valence-electron chi connectivity index (χ0n) is 45.7. The van der Waals surface area contributed by atoms with Gasteiger partial charge in [-0.05, 0) is 102 Å². The first-order valence-electron chi connectivity index (χ1n) is 26.8. The Labute approximate surface area is 442 Å². The number of hydrogen-bond donors (Lipinski definition) is 1. The second kappa shape index (κ2) is 22.1. The summed E-state index contributed by atoms with van der Waals surface area (Å²) < 4.78 is 59.8. The van der Waals surface area contributed by atoms with Crippen molar-refractivity contribution in [2.24, 2.45) is 0 Å². The van der Waals surface area contributed by atoms with E-state index < -0.39 is 44.6 Å². The molecule has 14 nitrogen and oxygen atoms in total. The lowest BCUT2D eigenvalue weighted by Gasteiger charge is -2.42. The number of nitro groups is 1. The van der Waals surface area contributed by atoms with Gasteiger partial charge in [-0.15, -0.1) is 5.54 Å². The molecular formula is C57H74F2N6O8Si2. The zero-order valence-corrected chi connectivity index (χ0v) is 47.7. The van der Waals surface area contributed by atoms with E-state index in [1.165, 1.54) is 24.3 Å². The van der Waals surface area contributed by atoms with E-state index in [4.69, 9.17) is 33.6 Å². The van der Waals surface area contributed by atoms with E-state index in [1.54, 1.807) is 12.3 Å². The standard InChI is InChI=1S/C57H74F2N6O8Si2/c1-34(2)74(35(3)4,36(5)6)27-19-45-48(58)16-14-40-30-44(73-75(37(7)8,38(9)10)39(11)12)31-46(50(40)45)52-51(59)53-47(32-60-52)54(63-23-25-70-26-24-63)62-55(61-53)71-33-57-20-13-22-64(57)42(18-21-57)28-41-29-43(65(68)69)15-17-49(41)72-56(66)67/h14-17,29-32,34-39,42H,13,18,20-26,28,33H2,1-12H3,(H,66,67)/t42-,57-/m0/s1. The largest absolute Gasteiger partial charge is 0.543 e. The molecule has 0 bridgehead atoms. The number of ether oxygens (including phenoxy) is 3. The van der Waals surface area contributed by atoms with Crippen LogP contribution in [0.3, 0.4) is 0 Å². The van der Waals surface area contributed by atoms with Crippen molar-refractivity contribution in [2.45, 2.75) is 160 Å². The molecule has 3 aromatic carbocycles. The fourth-order valence-electron chi connectivity index (χ4n) is 13.5. The second-order valence-corrected chi connectivity index (χ2v) is 33.7. The smallest absolute Gasteiger partial charge is 0.511 e. The molecule has 3 aliphatic rings. The Morgan fingerprint density at radius 2 is 1.59 bits per heavy atom. The molecule has 402 valence electrons. The van der Waals surface area contributed by atoms with Gasteiger partial charge in [-0.3, -0.25) is 20.0 Å². The van der Waals surface area contributed by atoms with E-state index in [-0.39, 0.29) is 63.5 Å². The number of aromatic nitrogens is 3. The fourth-order valence-corrected chi connectivity index (χ4v) is 24.0. The van der Waals surface area contributed by atoms with Crippen LogP contribution in [0.2, 0.25) is 33.2 Å². The third-order valence-corrected chi connectivity index (χ3v) is 29.2. The quantitative estimate of drug-likeness (QED) is 0.0234. The van der Waals surface area contributed by atoms with Gasteiger partial charge in [-0.25, -0.2) is 13.6 Å². The number of morpholine rings is 1. The summed E-state index contributed by atoms with van der Waals surface area (Å²) in [6, 6.07) is 10.8. The SMILES string of the molecule is CC(C)[Si](C#Cc1c(F)ccc2cc(O[Si](C(C)C)(C(C)C)C(C)C)cc(-c3ncc4c(N5CCOCC5)nc(OC[C@@]56CCCN5[C@H](Cc5cc([N+](=O)[O-])ccc5OC(=O)O)CC6)nc4c3F)c12)(C(C)C)C(C)C. The summed E-state index contributed by atoms with van der Waals surface area (Å²) >= 11 is 0. The maximum atomic E-state index is 18.3. The molecule has 3 fully saturated rings. The summed E-state index contributed by atoms with van der Waals surface area (Å²) in [4.78, 5) is 41.9. The average molecular weight is 1070 g/mol. The van der Waals surface area contributed by atoms with E-state index in [1.807, 2.05) is 17.0 Å². The van der Waals surface area contributed by atoms with Gasteiger partial charge in [0.2, 0.25) is 0 Å². The molecule has 0 radical (unpaired) electrons. The predicted octanol–water partition coefficient (Wildman–Crippen LogP) is 13.7. The maximum absolute atomic E-state index is 18.3. The monoisotopic (exact) mass is 1060 g/mol. The number of halogens is 2. The van der Waals surface area contributed by atoms with Gasteiger partial charge in [0.25, 0.3) is 14.0 Å². The lowest BCUT2D eigenvalue weighted by molar-refractivity contribution is -0.384. The number of rotatable bonds is 17. The van der Waals surface area contributed by atoms with Crippen LogP contribution in [0.15, 0.2) is 48.7 Å². The number of nitro benzene ring substituents is 1. The van der Waals surface area contributed by atoms with Crippen molar-refractivity contribution in [2.75, 3.05) is 44.4 Å². The molecule has 3 aliphatic heterocycles. The van der Waals surface area contributed by atoms with Crippen LogP contribution in [-0.4, -0.2) is 103 Å². The van der Waals surface area contributed by atoms with Gasteiger partial charge in [0.15, 0.2) is 5.82 Å². The third-order valence-electron chi connectivity index (χ3n) is 16.9. The number of nitrogens with zero attached hydrogens (tertiary/aromatic N) is 6. The number of carbonyl (C=O) groups is 1. The number of benzene rings is 3. The molecule has 5 aromatic rings. The number of pyridine rings is 1.